The van der Waals surface area contributed by atoms with Crippen LogP contribution < -0.4 is 4.90 Å². The molecule has 0 amide bonds. The summed E-state index contributed by atoms with van der Waals surface area (Å²) in [6.45, 7) is 2.46. The molecule has 0 aliphatic carbocycles. The number of ether oxygens (including phenoxy) is 1. The number of benzene rings is 6. The molecular weight excluding hydrogens is 490 g/mol. The second-order valence-electron chi connectivity index (χ2n) is 9.86. The topological polar surface area (TPSA) is 29.5 Å². The van der Waals surface area contributed by atoms with Gasteiger partial charge in [0.25, 0.3) is 0 Å². The Kier molecular flexibility index (Phi) is 7.11. The molecule has 0 N–H and O–H groups in total. The zero-order valence-corrected chi connectivity index (χ0v) is 22.3. The lowest BCUT2D eigenvalue weighted by Crippen LogP contribution is -2.11. The average Bonchev–Trinajstić information content (AvgIpc) is 3.01. The maximum atomic E-state index is 11.3. The first-order valence-electron chi connectivity index (χ1n) is 13.4. The molecule has 3 heteroatoms. The standard InChI is InChI=1S/C37H29NO2/c1-27-14-18-33(19-15-27)38(37-35-12-6-4-8-29(35)24-30-9-5-7-13-36(30)37)34-20-16-28(17-21-34)22-23-40-26-32-11-3-2-10-31(32)25-39/h2-25H,26H2,1H3/b23-22-. The van der Waals surface area contributed by atoms with Crippen molar-refractivity contribution < 1.29 is 9.53 Å². The molecule has 0 unspecified atom stereocenters. The van der Waals surface area contributed by atoms with Crippen molar-refractivity contribution in [2.45, 2.75) is 13.5 Å². The van der Waals surface area contributed by atoms with E-state index < -0.39 is 0 Å². The summed E-state index contributed by atoms with van der Waals surface area (Å²) in [5, 5.41) is 4.83. The molecule has 0 bridgehead atoms. The van der Waals surface area contributed by atoms with Crippen LogP contribution in [0.1, 0.15) is 27.0 Å². The lowest BCUT2D eigenvalue weighted by molar-refractivity contribution is 0.112. The number of hydrogen-bond donors (Lipinski definition) is 0. The van der Waals surface area contributed by atoms with E-state index in [2.05, 4.69) is 115 Å². The third-order valence-corrected chi connectivity index (χ3v) is 7.19. The van der Waals surface area contributed by atoms with E-state index in [1.54, 1.807) is 12.3 Å². The Hall–Kier alpha value is -5.15. The van der Waals surface area contributed by atoms with Gasteiger partial charge >= 0.3 is 0 Å². The molecule has 6 aromatic rings. The molecule has 6 rings (SSSR count). The van der Waals surface area contributed by atoms with Crippen LogP contribution in [0.15, 0.2) is 134 Å². The van der Waals surface area contributed by atoms with Gasteiger partial charge in [0, 0.05) is 27.7 Å². The Labute approximate surface area is 234 Å². The Morgan fingerprint density at radius 1 is 0.675 bits per heavy atom. The summed E-state index contributed by atoms with van der Waals surface area (Å²) in [5.41, 5.74) is 7.11. The van der Waals surface area contributed by atoms with E-state index in [9.17, 15) is 4.79 Å². The van der Waals surface area contributed by atoms with Crippen LogP contribution in [-0.2, 0) is 11.3 Å². The number of aryl methyl sites for hydroxylation is 1. The largest absolute Gasteiger partial charge is 0.496 e. The summed E-state index contributed by atoms with van der Waals surface area (Å²) in [7, 11) is 0. The van der Waals surface area contributed by atoms with Gasteiger partial charge in [-0.25, -0.2) is 0 Å². The molecule has 0 saturated carbocycles. The van der Waals surface area contributed by atoms with E-state index in [1.807, 2.05) is 24.3 Å². The molecule has 3 nitrogen and oxygen atoms in total. The SMILES string of the molecule is Cc1ccc(N(c2ccc(/C=C\OCc3ccccc3C=O)cc2)c2c3ccccc3cc3ccccc23)cc1. The third kappa shape index (κ3) is 5.10. The van der Waals surface area contributed by atoms with Crippen molar-refractivity contribution in [3.8, 4) is 0 Å². The highest BCUT2D eigenvalue weighted by Crippen LogP contribution is 2.43. The number of anilines is 3. The molecule has 0 saturated heterocycles. The summed E-state index contributed by atoms with van der Waals surface area (Å²) in [6, 6.07) is 44.1. The first-order valence-corrected chi connectivity index (χ1v) is 13.4. The summed E-state index contributed by atoms with van der Waals surface area (Å²) < 4.78 is 5.74. The molecule has 194 valence electrons. The first kappa shape index (κ1) is 25.1. The van der Waals surface area contributed by atoms with Crippen molar-refractivity contribution in [1.29, 1.82) is 0 Å². The Morgan fingerprint density at radius 2 is 1.25 bits per heavy atom. The van der Waals surface area contributed by atoms with Gasteiger partial charge in [0.15, 0.2) is 0 Å². The van der Waals surface area contributed by atoms with Crippen molar-refractivity contribution in [3.63, 3.8) is 0 Å². The minimum Gasteiger partial charge on any atom is -0.496 e. The van der Waals surface area contributed by atoms with E-state index in [0.717, 1.165) is 34.5 Å². The van der Waals surface area contributed by atoms with Gasteiger partial charge in [0.2, 0.25) is 0 Å². The van der Waals surface area contributed by atoms with E-state index in [1.165, 1.54) is 27.1 Å². The van der Waals surface area contributed by atoms with Gasteiger partial charge in [0.1, 0.15) is 12.9 Å². The molecule has 0 aliphatic rings. The van der Waals surface area contributed by atoms with Crippen molar-refractivity contribution in [2.24, 2.45) is 0 Å². The van der Waals surface area contributed by atoms with E-state index in [0.29, 0.717) is 12.2 Å². The maximum Gasteiger partial charge on any atom is 0.150 e. The number of carbonyl (C=O) groups excluding carboxylic acids is 1. The number of carbonyl (C=O) groups is 1. The fraction of sp³-hybridized carbons (Fsp3) is 0.0541. The van der Waals surface area contributed by atoms with E-state index >= 15 is 0 Å². The zero-order valence-electron chi connectivity index (χ0n) is 22.3. The molecule has 0 heterocycles. The minimum atomic E-state index is 0.346. The zero-order chi connectivity index (χ0) is 27.3. The second kappa shape index (κ2) is 11.3. The quantitative estimate of drug-likeness (QED) is 0.114. The van der Waals surface area contributed by atoms with Gasteiger partial charge in [-0.3, -0.25) is 4.79 Å². The lowest BCUT2D eigenvalue weighted by atomic mass is 9.99. The highest BCUT2D eigenvalue weighted by atomic mass is 16.5. The summed E-state index contributed by atoms with van der Waals surface area (Å²) in [6.07, 6.45) is 4.49. The summed E-state index contributed by atoms with van der Waals surface area (Å²) in [4.78, 5) is 13.6. The fourth-order valence-corrected chi connectivity index (χ4v) is 5.11. The van der Waals surface area contributed by atoms with Crippen LogP contribution in [0.5, 0.6) is 0 Å². The highest BCUT2D eigenvalue weighted by molar-refractivity contribution is 6.14. The smallest absolute Gasteiger partial charge is 0.150 e. The Balaban J connectivity index is 1.37. The number of fused-ring (bicyclic) bond motifs is 2. The average molecular weight is 520 g/mol. The fourth-order valence-electron chi connectivity index (χ4n) is 5.11. The second-order valence-corrected chi connectivity index (χ2v) is 9.86. The van der Waals surface area contributed by atoms with Crippen LogP contribution in [-0.4, -0.2) is 6.29 Å². The highest BCUT2D eigenvalue weighted by Gasteiger charge is 2.18. The number of rotatable bonds is 8. The predicted molar refractivity (Wildman–Crippen MR) is 167 cm³/mol. The van der Waals surface area contributed by atoms with E-state index in [4.69, 9.17) is 4.74 Å². The normalized spacial score (nSPS) is 11.2. The lowest BCUT2D eigenvalue weighted by Gasteiger charge is -2.28. The van der Waals surface area contributed by atoms with Gasteiger partial charge in [0.05, 0.1) is 11.9 Å². The van der Waals surface area contributed by atoms with Crippen LogP contribution >= 0.6 is 0 Å². The molecule has 0 fully saturated rings. The van der Waals surface area contributed by atoms with Gasteiger partial charge in [-0.1, -0.05) is 103 Å². The maximum absolute atomic E-state index is 11.3. The summed E-state index contributed by atoms with van der Waals surface area (Å²) >= 11 is 0. The molecular formula is C37H29NO2. The van der Waals surface area contributed by atoms with Crippen LogP contribution in [0.3, 0.4) is 0 Å². The third-order valence-electron chi connectivity index (χ3n) is 7.19. The molecule has 6 aromatic carbocycles. The number of hydrogen-bond acceptors (Lipinski definition) is 3. The van der Waals surface area contributed by atoms with Crippen LogP contribution in [0.4, 0.5) is 17.1 Å². The monoisotopic (exact) mass is 519 g/mol. The van der Waals surface area contributed by atoms with Crippen molar-refractivity contribution in [1.82, 2.24) is 0 Å². The van der Waals surface area contributed by atoms with Gasteiger partial charge in [-0.2, -0.15) is 0 Å². The van der Waals surface area contributed by atoms with Gasteiger partial charge in [-0.05, 0) is 65.2 Å². The Bertz CT molecular complexity index is 1760. The molecule has 0 aliphatic heterocycles. The first-order chi connectivity index (χ1) is 19.7. The number of aldehydes is 1. The van der Waals surface area contributed by atoms with Crippen LogP contribution in [0.25, 0.3) is 27.6 Å². The molecule has 0 spiro atoms. The molecule has 0 aromatic heterocycles. The van der Waals surface area contributed by atoms with Crippen LogP contribution in [0.2, 0.25) is 0 Å². The van der Waals surface area contributed by atoms with E-state index in [-0.39, 0.29) is 0 Å². The van der Waals surface area contributed by atoms with Crippen molar-refractivity contribution >= 4 is 51.0 Å². The molecule has 0 radical (unpaired) electrons. The Morgan fingerprint density at radius 3 is 1.90 bits per heavy atom. The number of nitrogens with zero attached hydrogens (tertiary/aromatic N) is 1. The predicted octanol–water partition coefficient (Wildman–Crippen LogP) is 9.77. The van der Waals surface area contributed by atoms with Crippen LogP contribution in [0, 0.1) is 6.92 Å². The summed E-state index contributed by atoms with van der Waals surface area (Å²) in [5.74, 6) is 0. The van der Waals surface area contributed by atoms with Gasteiger partial charge in [-0.15, -0.1) is 0 Å². The van der Waals surface area contributed by atoms with Crippen molar-refractivity contribution in [2.75, 3.05) is 4.90 Å². The minimum absolute atomic E-state index is 0.346. The van der Waals surface area contributed by atoms with Gasteiger partial charge < -0.3 is 9.64 Å². The molecule has 0 atom stereocenters. The van der Waals surface area contributed by atoms with Crippen molar-refractivity contribution in [3.05, 3.63) is 156 Å². The molecule has 40 heavy (non-hydrogen) atoms.